The van der Waals surface area contributed by atoms with Gasteiger partial charge in [0.1, 0.15) is 11.5 Å². The number of hydrogen-bond acceptors (Lipinski definition) is 3. The van der Waals surface area contributed by atoms with Crippen molar-refractivity contribution in [2.45, 2.75) is 26.7 Å². The van der Waals surface area contributed by atoms with Gasteiger partial charge in [0.25, 0.3) is 0 Å². The van der Waals surface area contributed by atoms with E-state index < -0.39 is 0 Å². The predicted molar refractivity (Wildman–Crippen MR) is 73.3 cm³/mol. The number of aromatic hydroxyl groups is 1. The van der Waals surface area contributed by atoms with Crippen LogP contribution in [0.2, 0.25) is 0 Å². The van der Waals surface area contributed by atoms with E-state index in [0.717, 1.165) is 23.5 Å². The van der Waals surface area contributed by atoms with Gasteiger partial charge in [-0.3, -0.25) is 0 Å². The number of nitrogens with zero attached hydrogens (tertiary/aromatic N) is 1. The van der Waals surface area contributed by atoms with Gasteiger partial charge in [-0.05, 0) is 76.0 Å². The standard InChI is InChI=1S/C15H23NO2.Y/c1-11-12(2)15(5-4-14(11)17)18-10-13-6-8-16(3)9-7-13;/h4-5,13,17H,6-10H2,1-3H3;. The summed E-state index contributed by atoms with van der Waals surface area (Å²) in [4.78, 5) is 2.37. The fourth-order valence-corrected chi connectivity index (χ4v) is 2.37. The summed E-state index contributed by atoms with van der Waals surface area (Å²) < 4.78 is 5.92. The Morgan fingerprint density at radius 2 is 1.84 bits per heavy atom. The summed E-state index contributed by atoms with van der Waals surface area (Å²) in [6.45, 7) is 7.05. The molecule has 1 aromatic carbocycles. The van der Waals surface area contributed by atoms with E-state index in [9.17, 15) is 5.11 Å². The van der Waals surface area contributed by atoms with E-state index >= 15 is 0 Å². The first-order valence-corrected chi connectivity index (χ1v) is 6.68. The Kier molecular flexibility index (Phi) is 6.78. The quantitative estimate of drug-likeness (QED) is 0.920. The molecule has 0 aliphatic carbocycles. The maximum atomic E-state index is 9.61. The van der Waals surface area contributed by atoms with E-state index in [0.29, 0.717) is 11.7 Å². The molecule has 1 aliphatic rings. The minimum absolute atomic E-state index is 0. The number of phenolic OH excluding ortho intramolecular Hbond substituents is 1. The summed E-state index contributed by atoms with van der Waals surface area (Å²) in [5.74, 6) is 1.91. The molecule has 0 saturated carbocycles. The van der Waals surface area contributed by atoms with Gasteiger partial charge >= 0.3 is 0 Å². The minimum Gasteiger partial charge on any atom is -0.508 e. The van der Waals surface area contributed by atoms with Gasteiger partial charge in [0.05, 0.1) is 6.61 Å². The first-order chi connectivity index (χ1) is 8.58. The molecule has 1 radical (unpaired) electrons. The summed E-state index contributed by atoms with van der Waals surface area (Å²) in [6, 6.07) is 3.58. The molecule has 0 unspecified atom stereocenters. The molecule has 1 aliphatic heterocycles. The van der Waals surface area contributed by atoms with E-state index in [-0.39, 0.29) is 32.7 Å². The summed E-state index contributed by atoms with van der Waals surface area (Å²) >= 11 is 0. The molecule has 19 heavy (non-hydrogen) atoms. The number of piperidine rings is 1. The van der Waals surface area contributed by atoms with Crippen molar-refractivity contribution in [1.82, 2.24) is 4.90 Å². The summed E-state index contributed by atoms with van der Waals surface area (Å²) in [5, 5.41) is 9.61. The van der Waals surface area contributed by atoms with Crippen molar-refractivity contribution in [1.29, 1.82) is 0 Å². The van der Waals surface area contributed by atoms with E-state index in [1.807, 2.05) is 19.9 Å². The third kappa shape index (κ3) is 4.44. The second kappa shape index (κ2) is 7.61. The average Bonchev–Trinajstić information content (AvgIpc) is 2.37. The topological polar surface area (TPSA) is 32.7 Å². The third-order valence-electron chi connectivity index (χ3n) is 4.02. The Labute approximate surface area is 141 Å². The maximum absolute atomic E-state index is 9.61. The van der Waals surface area contributed by atoms with E-state index in [4.69, 9.17) is 4.74 Å². The van der Waals surface area contributed by atoms with Gasteiger partial charge in [0.15, 0.2) is 0 Å². The zero-order valence-corrected chi connectivity index (χ0v) is 15.0. The molecular weight excluding hydrogens is 315 g/mol. The Bertz CT molecular complexity index is 415. The molecule has 2 rings (SSSR count). The van der Waals surface area contributed by atoms with Gasteiger partial charge in [-0.15, -0.1) is 0 Å². The van der Waals surface area contributed by atoms with Crippen LogP contribution in [0.25, 0.3) is 0 Å². The van der Waals surface area contributed by atoms with Crippen LogP contribution in [0, 0.1) is 19.8 Å². The van der Waals surface area contributed by atoms with Crippen LogP contribution >= 0.6 is 0 Å². The zero-order valence-electron chi connectivity index (χ0n) is 12.1. The van der Waals surface area contributed by atoms with E-state index in [1.54, 1.807) is 6.07 Å². The number of benzene rings is 1. The first kappa shape index (κ1) is 16.9. The molecule has 1 saturated heterocycles. The number of ether oxygens (including phenoxy) is 1. The molecule has 0 atom stereocenters. The van der Waals surface area contributed by atoms with Gasteiger partial charge in [0.2, 0.25) is 0 Å². The minimum atomic E-state index is 0. The largest absolute Gasteiger partial charge is 0.508 e. The number of likely N-dealkylation sites (tertiary alicyclic amines) is 1. The molecule has 1 N–H and O–H groups in total. The van der Waals surface area contributed by atoms with Crippen LogP contribution in [-0.2, 0) is 32.7 Å². The summed E-state index contributed by atoms with van der Waals surface area (Å²) in [6.07, 6.45) is 2.43. The second-order valence-corrected chi connectivity index (χ2v) is 5.39. The number of phenols is 1. The van der Waals surface area contributed by atoms with Gasteiger partial charge in [-0.1, -0.05) is 0 Å². The van der Waals surface area contributed by atoms with Crippen LogP contribution in [0.3, 0.4) is 0 Å². The van der Waals surface area contributed by atoms with Crippen LogP contribution in [-0.4, -0.2) is 36.8 Å². The number of hydrogen-bond donors (Lipinski definition) is 1. The third-order valence-corrected chi connectivity index (χ3v) is 4.02. The fourth-order valence-electron chi connectivity index (χ4n) is 2.37. The van der Waals surface area contributed by atoms with Crippen molar-refractivity contribution < 1.29 is 42.6 Å². The summed E-state index contributed by atoms with van der Waals surface area (Å²) in [7, 11) is 2.17. The molecule has 0 amide bonds. The van der Waals surface area contributed by atoms with E-state index in [1.165, 1.54) is 25.9 Å². The first-order valence-electron chi connectivity index (χ1n) is 6.68. The van der Waals surface area contributed by atoms with Gasteiger partial charge in [0, 0.05) is 32.7 Å². The molecule has 103 valence electrons. The predicted octanol–water partition coefficient (Wildman–Crippen LogP) is 2.73. The van der Waals surface area contributed by atoms with Gasteiger partial charge in [-0.25, -0.2) is 0 Å². The second-order valence-electron chi connectivity index (χ2n) is 5.39. The molecule has 1 fully saturated rings. The summed E-state index contributed by atoms with van der Waals surface area (Å²) in [5.41, 5.74) is 1.96. The Hall–Kier alpha value is -0.116. The molecule has 0 bridgehead atoms. The smallest absolute Gasteiger partial charge is 0.122 e. The normalized spacial score (nSPS) is 17.0. The van der Waals surface area contributed by atoms with Crippen LogP contribution in [0.15, 0.2) is 12.1 Å². The van der Waals surface area contributed by atoms with Crippen molar-refractivity contribution in [2.24, 2.45) is 5.92 Å². The van der Waals surface area contributed by atoms with Crippen molar-refractivity contribution >= 4 is 0 Å². The molecule has 1 aromatic rings. The van der Waals surface area contributed by atoms with Crippen molar-refractivity contribution in [2.75, 3.05) is 26.7 Å². The molecule has 3 nitrogen and oxygen atoms in total. The van der Waals surface area contributed by atoms with Crippen molar-refractivity contribution in [3.05, 3.63) is 23.3 Å². The van der Waals surface area contributed by atoms with Gasteiger partial charge in [-0.2, -0.15) is 0 Å². The van der Waals surface area contributed by atoms with Crippen molar-refractivity contribution in [3.8, 4) is 11.5 Å². The van der Waals surface area contributed by atoms with Crippen LogP contribution < -0.4 is 4.74 Å². The zero-order chi connectivity index (χ0) is 13.1. The molecule has 0 spiro atoms. The van der Waals surface area contributed by atoms with Crippen LogP contribution in [0.4, 0.5) is 0 Å². The molecule has 1 heterocycles. The SMILES string of the molecule is Cc1c(O)ccc(OCC2CCN(C)CC2)c1C.[Y]. The number of rotatable bonds is 3. The molecule has 0 aromatic heterocycles. The van der Waals surface area contributed by atoms with Crippen LogP contribution in [0.1, 0.15) is 24.0 Å². The maximum Gasteiger partial charge on any atom is 0.122 e. The van der Waals surface area contributed by atoms with E-state index in [2.05, 4.69) is 11.9 Å². The molecule has 4 heteroatoms. The fraction of sp³-hybridized carbons (Fsp3) is 0.600. The average molecular weight is 338 g/mol. The van der Waals surface area contributed by atoms with Crippen LogP contribution in [0.5, 0.6) is 11.5 Å². The van der Waals surface area contributed by atoms with Gasteiger partial charge < -0.3 is 14.7 Å². The monoisotopic (exact) mass is 338 g/mol. The Balaban J connectivity index is 0.00000180. The Morgan fingerprint density at radius 3 is 2.47 bits per heavy atom. The van der Waals surface area contributed by atoms with Crippen molar-refractivity contribution in [3.63, 3.8) is 0 Å². The Morgan fingerprint density at radius 1 is 1.21 bits per heavy atom. The molecular formula is C15H23NO2Y.